The first kappa shape index (κ1) is 28.3. The molecule has 0 aliphatic heterocycles. The largest absolute Gasteiger partial charge is 0.308 e. The van der Waals surface area contributed by atoms with Crippen LogP contribution in [-0.4, -0.2) is 19.1 Å². The molecule has 0 radical (unpaired) electrons. The zero-order valence-corrected chi connectivity index (χ0v) is 28.2. The number of aromatic nitrogens is 4. The summed E-state index contributed by atoms with van der Waals surface area (Å²) in [6.45, 7) is 0. The molecule has 4 heterocycles. The van der Waals surface area contributed by atoms with Crippen LogP contribution in [0, 0.1) is 0 Å². The highest BCUT2D eigenvalue weighted by Gasteiger charge is 2.27. The van der Waals surface area contributed by atoms with Gasteiger partial charge in [0.2, 0.25) is 0 Å². The summed E-state index contributed by atoms with van der Waals surface area (Å²) in [4.78, 5) is 9.46. The summed E-state index contributed by atoms with van der Waals surface area (Å²) in [5, 5.41) is 6.11. The van der Waals surface area contributed by atoms with Gasteiger partial charge in [-0.25, -0.2) is 9.97 Å². The van der Waals surface area contributed by atoms with Gasteiger partial charge in [-0.2, -0.15) is 0 Å². The van der Waals surface area contributed by atoms with Gasteiger partial charge in [-0.15, -0.1) is 11.3 Å². The monoisotopic (exact) mass is 668 g/mol. The number of thiophene rings is 1. The van der Waals surface area contributed by atoms with Crippen molar-refractivity contribution in [3.05, 3.63) is 170 Å². The Morgan fingerprint density at radius 3 is 1.61 bits per heavy atom. The molecule has 51 heavy (non-hydrogen) atoms. The van der Waals surface area contributed by atoms with Crippen molar-refractivity contribution < 1.29 is 0 Å². The molecule has 0 saturated heterocycles. The van der Waals surface area contributed by atoms with Crippen LogP contribution < -0.4 is 0 Å². The van der Waals surface area contributed by atoms with E-state index in [2.05, 4.69) is 172 Å². The first-order valence-electron chi connectivity index (χ1n) is 17.2. The summed E-state index contributed by atoms with van der Waals surface area (Å²) in [6.07, 6.45) is 3.65. The number of hydrogen-bond donors (Lipinski definition) is 0. The van der Waals surface area contributed by atoms with Gasteiger partial charge < -0.3 is 9.13 Å². The maximum absolute atomic E-state index is 4.97. The molecule has 0 amide bonds. The number of para-hydroxylation sites is 3. The zero-order valence-electron chi connectivity index (χ0n) is 27.4. The van der Waals surface area contributed by atoms with Crippen molar-refractivity contribution in [3.8, 4) is 33.6 Å². The summed E-state index contributed by atoms with van der Waals surface area (Å²) in [7, 11) is 0. The molecule has 0 saturated carbocycles. The molecule has 0 atom stereocenters. The molecular weight excluding hydrogens is 641 g/mol. The average molecular weight is 669 g/mol. The van der Waals surface area contributed by atoms with Gasteiger partial charge in [0.15, 0.2) is 0 Å². The minimum atomic E-state index is 0.983. The third kappa shape index (κ3) is 4.13. The van der Waals surface area contributed by atoms with Gasteiger partial charge in [0.1, 0.15) is 6.33 Å². The van der Waals surface area contributed by atoms with Crippen LogP contribution in [0.3, 0.4) is 0 Å². The van der Waals surface area contributed by atoms with Crippen molar-refractivity contribution in [2.45, 2.75) is 0 Å². The second-order valence-corrected chi connectivity index (χ2v) is 14.1. The second kappa shape index (κ2) is 11.0. The molecule has 0 fully saturated rings. The van der Waals surface area contributed by atoms with Crippen molar-refractivity contribution in [2.75, 3.05) is 0 Å². The fourth-order valence-electron chi connectivity index (χ4n) is 8.12. The lowest BCUT2D eigenvalue weighted by molar-refractivity contribution is 1.18. The molecule has 0 aliphatic rings. The smallest absolute Gasteiger partial charge is 0.116 e. The van der Waals surface area contributed by atoms with Crippen LogP contribution in [0.1, 0.15) is 0 Å². The van der Waals surface area contributed by atoms with Gasteiger partial charge in [0, 0.05) is 44.5 Å². The van der Waals surface area contributed by atoms with E-state index in [1.54, 1.807) is 17.7 Å². The Morgan fingerprint density at radius 2 is 0.980 bits per heavy atom. The van der Waals surface area contributed by atoms with Gasteiger partial charge >= 0.3 is 0 Å². The molecule has 11 aromatic rings. The standard InChI is InChI=1S/C46H28N4S/c1-4-14-29(15-5-1)31-24-32(30-16-6-2-7-17-30)26-34(25-31)50-38-23-13-11-21-36(38)41-40-35-20-10-12-22-37(35)49(33-18-8-3-9-19-33)44(40)42-43-39(27-47-28-48-43)51-46(42)45(41)50/h1-28H. The first-order valence-corrected chi connectivity index (χ1v) is 18.0. The highest BCUT2D eigenvalue weighted by atomic mass is 32.1. The lowest BCUT2D eigenvalue weighted by atomic mass is 9.98. The number of rotatable bonds is 4. The van der Waals surface area contributed by atoms with Crippen molar-refractivity contribution in [1.82, 2.24) is 19.1 Å². The van der Waals surface area contributed by atoms with E-state index in [9.17, 15) is 0 Å². The number of benzene rings is 7. The molecule has 5 heteroatoms. The maximum Gasteiger partial charge on any atom is 0.116 e. The molecule has 0 N–H and O–H groups in total. The Bertz CT molecular complexity index is 3060. The molecule has 0 bridgehead atoms. The van der Waals surface area contributed by atoms with E-state index in [-0.39, 0.29) is 0 Å². The van der Waals surface area contributed by atoms with Gasteiger partial charge in [0.05, 0.1) is 37.0 Å². The van der Waals surface area contributed by atoms with Crippen LogP contribution in [0.4, 0.5) is 0 Å². The molecule has 0 spiro atoms. The Labute approximate surface area is 297 Å². The third-order valence-corrected chi connectivity index (χ3v) is 11.3. The topological polar surface area (TPSA) is 35.6 Å². The third-order valence-electron chi connectivity index (χ3n) is 10.2. The average Bonchev–Trinajstić information content (AvgIpc) is 3.87. The summed E-state index contributed by atoms with van der Waals surface area (Å²) in [5.41, 5.74) is 12.7. The van der Waals surface area contributed by atoms with E-state index in [0.717, 1.165) is 27.0 Å². The second-order valence-electron chi connectivity index (χ2n) is 13.0. The number of nitrogens with zero attached hydrogens (tertiary/aromatic N) is 4. The number of hydrogen-bond acceptors (Lipinski definition) is 3. The van der Waals surface area contributed by atoms with Crippen LogP contribution in [0.5, 0.6) is 0 Å². The molecule has 0 unspecified atom stereocenters. The Morgan fingerprint density at radius 1 is 0.451 bits per heavy atom. The predicted octanol–water partition coefficient (Wildman–Crippen LogP) is 12.4. The van der Waals surface area contributed by atoms with E-state index in [4.69, 9.17) is 4.98 Å². The summed E-state index contributed by atoms with van der Waals surface area (Å²) < 4.78 is 7.22. The minimum absolute atomic E-state index is 0.983. The summed E-state index contributed by atoms with van der Waals surface area (Å²) >= 11 is 1.79. The minimum Gasteiger partial charge on any atom is -0.308 e. The molecule has 0 aliphatic carbocycles. The molecule has 4 nitrogen and oxygen atoms in total. The van der Waals surface area contributed by atoms with Crippen LogP contribution in [0.25, 0.3) is 97.5 Å². The highest BCUT2D eigenvalue weighted by Crippen LogP contribution is 2.51. The van der Waals surface area contributed by atoms with E-state index in [0.29, 0.717) is 0 Å². The van der Waals surface area contributed by atoms with E-state index in [1.165, 1.54) is 70.6 Å². The lowest BCUT2D eigenvalue weighted by Gasteiger charge is -2.15. The van der Waals surface area contributed by atoms with Crippen molar-refractivity contribution in [3.63, 3.8) is 0 Å². The van der Waals surface area contributed by atoms with Gasteiger partial charge in [-0.3, -0.25) is 0 Å². The van der Waals surface area contributed by atoms with Gasteiger partial charge in [-0.1, -0.05) is 115 Å². The summed E-state index contributed by atoms with van der Waals surface area (Å²) in [5.74, 6) is 0. The molecule has 11 rings (SSSR count). The van der Waals surface area contributed by atoms with Crippen molar-refractivity contribution in [1.29, 1.82) is 0 Å². The van der Waals surface area contributed by atoms with Gasteiger partial charge in [-0.05, 0) is 64.7 Å². The quantitative estimate of drug-likeness (QED) is 0.187. The van der Waals surface area contributed by atoms with Crippen LogP contribution in [0.15, 0.2) is 170 Å². The zero-order chi connectivity index (χ0) is 33.5. The molecule has 4 aromatic heterocycles. The van der Waals surface area contributed by atoms with Gasteiger partial charge in [0.25, 0.3) is 0 Å². The Balaban J connectivity index is 1.39. The first-order chi connectivity index (χ1) is 25.3. The Kier molecular flexibility index (Phi) is 6.09. The fraction of sp³-hybridized carbons (Fsp3) is 0. The predicted molar refractivity (Wildman–Crippen MR) is 214 cm³/mol. The van der Waals surface area contributed by atoms with Crippen LogP contribution in [-0.2, 0) is 0 Å². The number of fused-ring (bicyclic) bond motifs is 12. The van der Waals surface area contributed by atoms with Crippen molar-refractivity contribution >= 4 is 75.3 Å². The molecular formula is C46H28N4S. The lowest BCUT2D eigenvalue weighted by Crippen LogP contribution is -1.97. The Hall–Kier alpha value is -6.56. The fourth-order valence-corrected chi connectivity index (χ4v) is 9.29. The van der Waals surface area contributed by atoms with Crippen molar-refractivity contribution in [2.24, 2.45) is 0 Å². The summed E-state index contributed by atoms with van der Waals surface area (Å²) in [6, 6.07) is 56.9. The van der Waals surface area contributed by atoms with Crippen LogP contribution in [0.2, 0.25) is 0 Å². The molecule has 238 valence electrons. The SMILES string of the molecule is c1ccc(-c2cc(-c3ccccc3)cc(-n3c4ccccc4c4c5c6ccccc6n(-c6ccccc6)c5c5c6ncncc6sc5c43)c2)cc1. The normalized spacial score (nSPS) is 11.9. The van der Waals surface area contributed by atoms with E-state index >= 15 is 0 Å². The van der Waals surface area contributed by atoms with Crippen LogP contribution >= 0.6 is 11.3 Å². The van der Waals surface area contributed by atoms with E-state index < -0.39 is 0 Å². The maximum atomic E-state index is 4.97. The van der Waals surface area contributed by atoms with E-state index in [1.807, 2.05) is 6.20 Å². The highest BCUT2D eigenvalue weighted by molar-refractivity contribution is 7.26. The molecule has 7 aromatic carbocycles.